The molecule has 0 bridgehead atoms. The Morgan fingerprint density at radius 2 is 2.18 bits per heavy atom. The lowest BCUT2D eigenvalue weighted by molar-refractivity contribution is 1.24. The van der Waals surface area contributed by atoms with E-state index in [0.29, 0.717) is 0 Å². The summed E-state index contributed by atoms with van der Waals surface area (Å²) in [5, 5.41) is 0. The van der Waals surface area contributed by atoms with E-state index in [0.717, 1.165) is 0 Å². The van der Waals surface area contributed by atoms with Crippen LogP contribution in [0.2, 0.25) is 0 Å². The summed E-state index contributed by atoms with van der Waals surface area (Å²) < 4.78 is 0. The van der Waals surface area contributed by atoms with Crippen LogP contribution in [0.5, 0.6) is 0 Å². The molecule has 0 spiro atoms. The summed E-state index contributed by atoms with van der Waals surface area (Å²) in [5.41, 5.74) is 3.65. The van der Waals surface area contributed by atoms with Gasteiger partial charge in [0.2, 0.25) is 0 Å². The number of hydrogen-bond acceptors (Lipinski definition) is 0. The van der Waals surface area contributed by atoms with Gasteiger partial charge in [-0.1, -0.05) is 18.7 Å². The summed E-state index contributed by atoms with van der Waals surface area (Å²) in [6.07, 6.45) is 5.73. The fourth-order valence-electron chi connectivity index (χ4n) is 1.09. The molecule has 0 atom stereocenters. The van der Waals surface area contributed by atoms with Crippen LogP contribution in [0, 0.1) is 13.8 Å². The van der Waals surface area contributed by atoms with Crippen molar-refractivity contribution in [1.82, 2.24) is 4.98 Å². The average Bonchev–Trinajstić information content (AvgIpc) is 2.26. The molecule has 11 heavy (non-hydrogen) atoms. The zero-order chi connectivity index (χ0) is 8.27. The van der Waals surface area contributed by atoms with Gasteiger partial charge in [0.15, 0.2) is 0 Å². The molecule has 0 saturated heterocycles. The number of hydrogen-bond donors (Lipinski definition) is 1. The van der Waals surface area contributed by atoms with E-state index in [1.54, 1.807) is 6.08 Å². The van der Waals surface area contributed by atoms with Gasteiger partial charge < -0.3 is 4.98 Å². The van der Waals surface area contributed by atoms with E-state index in [2.05, 4.69) is 31.5 Å². The zero-order valence-electron chi connectivity index (χ0n) is 7.02. The van der Waals surface area contributed by atoms with Gasteiger partial charge in [-0.3, -0.25) is 0 Å². The van der Waals surface area contributed by atoms with Crippen molar-refractivity contribution in [2.24, 2.45) is 0 Å². The number of aromatic amines is 1. The standard InChI is InChI=1S/C10H13N/c1-4-5-6-10-8(2)7-9(3)11-10/h4-7,11H,1H2,2-3H3/b6-5-. The molecular weight excluding hydrogens is 134 g/mol. The van der Waals surface area contributed by atoms with Gasteiger partial charge in [0.25, 0.3) is 0 Å². The van der Waals surface area contributed by atoms with Gasteiger partial charge in [-0.2, -0.15) is 0 Å². The first-order valence-corrected chi connectivity index (χ1v) is 3.69. The summed E-state index contributed by atoms with van der Waals surface area (Å²) in [5.74, 6) is 0. The second kappa shape index (κ2) is 3.24. The number of aromatic nitrogens is 1. The maximum Gasteiger partial charge on any atom is 0.0412 e. The van der Waals surface area contributed by atoms with E-state index >= 15 is 0 Å². The van der Waals surface area contributed by atoms with Gasteiger partial charge in [0.05, 0.1) is 0 Å². The fraction of sp³-hybridized carbons (Fsp3) is 0.200. The van der Waals surface area contributed by atoms with Crippen LogP contribution in [-0.2, 0) is 0 Å². The molecule has 1 heterocycles. The normalized spacial score (nSPS) is 10.7. The van der Waals surface area contributed by atoms with Crippen molar-refractivity contribution in [3.63, 3.8) is 0 Å². The Morgan fingerprint density at radius 1 is 1.45 bits per heavy atom. The maximum atomic E-state index is 3.61. The van der Waals surface area contributed by atoms with Crippen molar-refractivity contribution < 1.29 is 0 Å². The Balaban J connectivity index is 2.93. The van der Waals surface area contributed by atoms with Gasteiger partial charge in [-0.05, 0) is 31.6 Å². The van der Waals surface area contributed by atoms with Crippen LogP contribution < -0.4 is 0 Å². The predicted molar refractivity (Wildman–Crippen MR) is 49.5 cm³/mol. The third-order valence-corrected chi connectivity index (χ3v) is 1.59. The second-order valence-electron chi connectivity index (χ2n) is 2.64. The average molecular weight is 147 g/mol. The first-order valence-electron chi connectivity index (χ1n) is 3.69. The van der Waals surface area contributed by atoms with Crippen LogP contribution >= 0.6 is 0 Å². The van der Waals surface area contributed by atoms with Crippen LogP contribution in [0.1, 0.15) is 17.0 Å². The highest BCUT2D eigenvalue weighted by Crippen LogP contribution is 2.09. The highest BCUT2D eigenvalue weighted by molar-refractivity contribution is 5.51. The molecule has 0 aromatic carbocycles. The van der Waals surface area contributed by atoms with Crippen molar-refractivity contribution in [3.05, 3.63) is 41.7 Å². The van der Waals surface area contributed by atoms with Crippen molar-refractivity contribution in [2.45, 2.75) is 13.8 Å². The summed E-state index contributed by atoms with van der Waals surface area (Å²) in [6, 6.07) is 2.13. The summed E-state index contributed by atoms with van der Waals surface area (Å²) in [4.78, 5) is 3.24. The molecule has 0 amide bonds. The Hall–Kier alpha value is -1.24. The number of rotatable bonds is 2. The molecule has 0 fully saturated rings. The number of allylic oxidation sites excluding steroid dienone is 2. The Labute approximate surface area is 67.5 Å². The minimum absolute atomic E-state index is 1.17. The van der Waals surface area contributed by atoms with Crippen LogP contribution in [0.25, 0.3) is 6.08 Å². The first kappa shape index (κ1) is 7.86. The topological polar surface area (TPSA) is 15.8 Å². The number of aryl methyl sites for hydroxylation is 2. The first-order chi connectivity index (χ1) is 5.24. The third kappa shape index (κ3) is 1.84. The molecule has 0 aliphatic heterocycles. The van der Waals surface area contributed by atoms with Gasteiger partial charge in [-0.15, -0.1) is 0 Å². The van der Waals surface area contributed by atoms with Crippen LogP contribution in [0.15, 0.2) is 24.8 Å². The molecule has 58 valence electrons. The molecule has 1 aromatic heterocycles. The Kier molecular flexibility index (Phi) is 2.32. The van der Waals surface area contributed by atoms with E-state index in [-0.39, 0.29) is 0 Å². The van der Waals surface area contributed by atoms with Gasteiger partial charge in [0, 0.05) is 11.4 Å². The maximum absolute atomic E-state index is 3.61. The van der Waals surface area contributed by atoms with Gasteiger partial charge in [-0.25, -0.2) is 0 Å². The highest BCUT2D eigenvalue weighted by Gasteiger charge is 1.95. The van der Waals surface area contributed by atoms with Crippen molar-refractivity contribution in [3.8, 4) is 0 Å². The SMILES string of the molecule is C=C/C=C\c1[nH]c(C)cc1C. The molecule has 1 N–H and O–H groups in total. The smallest absolute Gasteiger partial charge is 0.0412 e. The van der Waals surface area contributed by atoms with E-state index in [9.17, 15) is 0 Å². The number of nitrogens with one attached hydrogen (secondary N) is 1. The largest absolute Gasteiger partial charge is 0.359 e. The summed E-state index contributed by atoms with van der Waals surface area (Å²) >= 11 is 0. The molecule has 0 unspecified atom stereocenters. The lowest BCUT2D eigenvalue weighted by Gasteiger charge is -1.87. The van der Waals surface area contributed by atoms with Crippen LogP contribution in [0.4, 0.5) is 0 Å². The van der Waals surface area contributed by atoms with Crippen molar-refractivity contribution in [2.75, 3.05) is 0 Å². The number of H-pyrrole nitrogens is 1. The van der Waals surface area contributed by atoms with Crippen molar-refractivity contribution in [1.29, 1.82) is 0 Å². The Bertz CT molecular complexity index is 279. The molecule has 1 nitrogen and oxygen atoms in total. The molecule has 0 aliphatic rings. The van der Waals surface area contributed by atoms with Gasteiger partial charge >= 0.3 is 0 Å². The van der Waals surface area contributed by atoms with E-state index in [1.165, 1.54) is 17.0 Å². The minimum Gasteiger partial charge on any atom is -0.359 e. The highest BCUT2D eigenvalue weighted by atomic mass is 14.7. The van der Waals surface area contributed by atoms with E-state index in [4.69, 9.17) is 0 Å². The van der Waals surface area contributed by atoms with Crippen LogP contribution in [-0.4, -0.2) is 4.98 Å². The molecule has 0 radical (unpaired) electrons. The van der Waals surface area contributed by atoms with Gasteiger partial charge in [0.1, 0.15) is 0 Å². The van der Waals surface area contributed by atoms with E-state index < -0.39 is 0 Å². The minimum atomic E-state index is 1.17. The van der Waals surface area contributed by atoms with Crippen LogP contribution in [0.3, 0.4) is 0 Å². The monoisotopic (exact) mass is 147 g/mol. The fourth-order valence-corrected chi connectivity index (χ4v) is 1.09. The summed E-state index contributed by atoms with van der Waals surface area (Å²) in [7, 11) is 0. The molecule has 0 aliphatic carbocycles. The molecule has 1 aromatic rings. The quantitative estimate of drug-likeness (QED) is 0.619. The third-order valence-electron chi connectivity index (χ3n) is 1.59. The second-order valence-corrected chi connectivity index (χ2v) is 2.64. The predicted octanol–water partition coefficient (Wildman–Crippen LogP) is 2.83. The molecule has 0 saturated carbocycles. The van der Waals surface area contributed by atoms with E-state index in [1.807, 2.05) is 12.2 Å². The van der Waals surface area contributed by atoms with Crippen molar-refractivity contribution >= 4 is 6.08 Å². The molecule has 1 rings (SSSR count). The lowest BCUT2D eigenvalue weighted by Crippen LogP contribution is -1.73. The molecule has 1 heteroatoms. The summed E-state index contributed by atoms with van der Waals surface area (Å²) in [6.45, 7) is 7.75. The molecular formula is C10H13N. The Morgan fingerprint density at radius 3 is 2.64 bits per heavy atom. The lowest BCUT2D eigenvalue weighted by atomic mass is 10.2. The zero-order valence-corrected chi connectivity index (χ0v) is 7.02.